The van der Waals surface area contributed by atoms with E-state index >= 15 is 0 Å². The molecule has 0 fully saturated rings. The second kappa shape index (κ2) is 7.39. The van der Waals surface area contributed by atoms with Gasteiger partial charge in [0.2, 0.25) is 0 Å². The van der Waals surface area contributed by atoms with Gasteiger partial charge in [0.25, 0.3) is 5.91 Å². The molecule has 1 unspecified atom stereocenters. The minimum absolute atomic E-state index is 0.158. The lowest BCUT2D eigenvalue weighted by molar-refractivity contribution is -0.140. The van der Waals surface area contributed by atoms with Crippen molar-refractivity contribution in [2.24, 2.45) is 0 Å². The Morgan fingerprint density at radius 1 is 1.00 bits per heavy atom. The number of nitrogens with one attached hydrogen (secondary N) is 2. The summed E-state index contributed by atoms with van der Waals surface area (Å²) in [5, 5.41) is 5.09. The Kier molecular flexibility index (Phi) is 5.02. The average molecular weight is 351 g/mol. The second-order valence-electron chi connectivity index (χ2n) is 6.50. The van der Waals surface area contributed by atoms with E-state index in [1.54, 1.807) is 24.8 Å². The highest BCUT2D eigenvalue weighted by atomic mass is 16.2. The second-order valence-corrected chi connectivity index (χ2v) is 6.50. The van der Waals surface area contributed by atoms with Crippen LogP contribution in [0.1, 0.15) is 31.0 Å². The topological polar surface area (TPSA) is 78.5 Å². The highest BCUT2D eigenvalue weighted by Gasteiger charge is 2.38. The molecule has 2 aromatic carbocycles. The van der Waals surface area contributed by atoms with Gasteiger partial charge in [0.05, 0.1) is 6.54 Å². The quantitative estimate of drug-likeness (QED) is 0.826. The van der Waals surface area contributed by atoms with Crippen molar-refractivity contribution in [2.45, 2.75) is 32.5 Å². The van der Waals surface area contributed by atoms with E-state index in [0.29, 0.717) is 12.1 Å². The maximum Gasteiger partial charge on any atom is 0.310 e. The van der Waals surface area contributed by atoms with Gasteiger partial charge in [0.1, 0.15) is 6.04 Å². The Balaban J connectivity index is 1.83. The molecule has 1 atom stereocenters. The first-order valence-corrected chi connectivity index (χ1v) is 8.53. The number of hydrogen-bond acceptors (Lipinski definition) is 3. The van der Waals surface area contributed by atoms with E-state index in [-0.39, 0.29) is 11.9 Å². The van der Waals surface area contributed by atoms with E-state index in [1.165, 1.54) is 0 Å². The number of rotatable bonds is 4. The van der Waals surface area contributed by atoms with Crippen LogP contribution in [0, 0.1) is 0 Å². The van der Waals surface area contributed by atoms with Gasteiger partial charge in [-0.25, -0.2) is 0 Å². The van der Waals surface area contributed by atoms with Crippen LogP contribution in [-0.4, -0.2) is 23.8 Å². The molecular formula is C20H21N3O3. The van der Waals surface area contributed by atoms with E-state index in [9.17, 15) is 14.4 Å². The van der Waals surface area contributed by atoms with Crippen LogP contribution in [0.15, 0.2) is 54.6 Å². The zero-order valence-electron chi connectivity index (χ0n) is 14.7. The van der Waals surface area contributed by atoms with Crippen molar-refractivity contribution in [1.82, 2.24) is 10.6 Å². The molecule has 1 aliphatic rings. The minimum atomic E-state index is -0.861. The zero-order valence-corrected chi connectivity index (χ0v) is 14.7. The summed E-state index contributed by atoms with van der Waals surface area (Å²) in [5.41, 5.74) is 2.43. The van der Waals surface area contributed by atoms with Gasteiger partial charge >= 0.3 is 11.8 Å². The van der Waals surface area contributed by atoms with Crippen molar-refractivity contribution in [1.29, 1.82) is 0 Å². The number of hydrogen-bond donors (Lipinski definition) is 2. The van der Waals surface area contributed by atoms with Crippen LogP contribution in [0.2, 0.25) is 0 Å². The lowest BCUT2D eigenvalue weighted by Crippen LogP contribution is -2.46. The standard InChI is InChI=1S/C20H21N3O3/c1-13(2)21-18(24)19(25)22-17-15-10-6-7-11-16(15)23(20(17)26)12-14-8-4-3-5-9-14/h3-11,13,17H,12H2,1-2H3,(H,21,24)(H,22,25). The van der Waals surface area contributed by atoms with Gasteiger partial charge in [0, 0.05) is 17.3 Å². The summed E-state index contributed by atoms with van der Waals surface area (Å²) in [6.07, 6.45) is 0. The fraction of sp³-hybridized carbons (Fsp3) is 0.250. The average Bonchev–Trinajstić information content (AvgIpc) is 2.88. The van der Waals surface area contributed by atoms with Gasteiger partial charge in [-0.3, -0.25) is 14.4 Å². The molecule has 3 rings (SSSR count). The summed E-state index contributed by atoms with van der Waals surface area (Å²) in [5.74, 6) is -1.80. The first-order chi connectivity index (χ1) is 12.5. The predicted octanol–water partition coefficient (Wildman–Crippen LogP) is 1.92. The largest absolute Gasteiger partial charge is 0.346 e. The van der Waals surface area contributed by atoms with Gasteiger partial charge in [-0.05, 0) is 25.5 Å². The number of carbonyl (C=O) groups is 3. The molecule has 6 heteroatoms. The van der Waals surface area contributed by atoms with Gasteiger partial charge in [-0.15, -0.1) is 0 Å². The maximum atomic E-state index is 12.9. The number of amides is 3. The van der Waals surface area contributed by atoms with E-state index in [1.807, 2.05) is 48.5 Å². The van der Waals surface area contributed by atoms with E-state index < -0.39 is 17.9 Å². The summed E-state index contributed by atoms with van der Waals surface area (Å²) in [6.45, 7) is 3.94. The van der Waals surface area contributed by atoms with Gasteiger partial charge in [-0.2, -0.15) is 0 Å². The third-order valence-electron chi connectivity index (χ3n) is 4.14. The van der Waals surface area contributed by atoms with Crippen LogP contribution < -0.4 is 15.5 Å². The number of para-hydroxylation sites is 1. The summed E-state index contributed by atoms with van der Waals surface area (Å²) in [6, 6.07) is 15.9. The molecule has 1 aliphatic heterocycles. The van der Waals surface area contributed by atoms with Crippen molar-refractivity contribution in [2.75, 3.05) is 4.90 Å². The predicted molar refractivity (Wildman–Crippen MR) is 98.2 cm³/mol. The number of benzene rings is 2. The van der Waals surface area contributed by atoms with E-state index in [2.05, 4.69) is 10.6 Å². The lowest BCUT2D eigenvalue weighted by Gasteiger charge is -2.18. The fourth-order valence-corrected chi connectivity index (χ4v) is 2.98. The number of nitrogens with zero attached hydrogens (tertiary/aromatic N) is 1. The van der Waals surface area contributed by atoms with Gasteiger partial charge in [-0.1, -0.05) is 48.5 Å². The van der Waals surface area contributed by atoms with Gasteiger partial charge in [0.15, 0.2) is 0 Å². The van der Waals surface area contributed by atoms with E-state index in [0.717, 1.165) is 11.3 Å². The molecular weight excluding hydrogens is 330 g/mol. The first-order valence-electron chi connectivity index (χ1n) is 8.53. The molecule has 0 saturated heterocycles. The highest BCUT2D eigenvalue weighted by Crippen LogP contribution is 2.36. The molecule has 2 N–H and O–H groups in total. The van der Waals surface area contributed by atoms with Crippen molar-refractivity contribution in [3.8, 4) is 0 Å². The monoisotopic (exact) mass is 351 g/mol. The van der Waals surface area contributed by atoms with Crippen LogP contribution in [0.4, 0.5) is 5.69 Å². The molecule has 0 radical (unpaired) electrons. The molecule has 3 amide bonds. The molecule has 0 aromatic heterocycles. The SMILES string of the molecule is CC(C)NC(=O)C(=O)NC1C(=O)N(Cc2ccccc2)c2ccccc21. The summed E-state index contributed by atoms with van der Waals surface area (Å²) in [4.78, 5) is 38.6. The van der Waals surface area contributed by atoms with Crippen LogP contribution in [0.5, 0.6) is 0 Å². The molecule has 0 bridgehead atoms. The number of anilines is 1. The van der Waals surface area contributed by atoms with Crippen molar-refractivity contribution >= 4 is 23.4 Å². The summed E-state index contributed by atoms with van der Waals surface area (Å²) < 4.78 is 0. The Hall–Kier alpha value is -3.15. The molecule has 6 nitrogen and oxygen atoms in total. The first kappa shape index (κ1) is 17.7. The molecule has 1 heterocycles. The molecule has 26 heavy (non-hydrogen) atoms. The summed E-state index contributed by atoms with van der Waals surface area (Å²) >= 11 is 0. The molecule has 134 valence electrons. The van der Waals surface area contributed by atoms with Crippen molar-refractivity contribution in [3.63, 3.8) is 0 Å². The molecule has 2 aromatic rings. The fourth-order valence-electron chi connectivity index (χ4n) is 2.98. The number of fused-ring (bicyclic) bond motifs is 1. The van der Waals surface area contributed by atoms with Gasteiger partial charge < -0.3 is 15.5 Å². The third-order valence-corrected chi connectivity index (χ3v) is 4.14. The molecule has 0 saturated carbocycles. The van der Waals surface area contributed by atoms with E-state index in [4.69, 9.17) is 0 Å². The van der Waals surface area contributed by atoms with Crippen LogP contribution in [0.3, 0.4) is 0 Å². The Morgan fingerprint density at radius 3 is 2.35 bits per heavy atom. The Morgan fingerprint density at radius 2 is 1.65 bits per heavy atom. The lowest BCUT2D eigenvalue weighted by atomic mass is 10.1. The minimum Gasteiger partial charge on any atom is -0.346 e. The summed E-state index contributed by atoms with van der Waals surface area (Å²) in [7, 11) is 0. The highest BCUT2D eigenvalue weighted by molar-refractivity contribution is 6.35. The Bertz CT molecular complexity index is 833. The smallest absolute Gasteiger partial charge is 0.310 e. The molecule has 0 aliphatic carbocycles. The van der Waals surface area contributed by atoms with Crippen LogP contribution in [0.25, 0.3) is 0 Å². The third kappa shape index (κ3) is 3.59. The van der Waals surface area contributed by atoms with Crippen molar-refractivity contribution < 1.29 is 14.4 Å². The zero-order chi connectivity index (χ0) is 18.7. The number of carbonyl (C=O) groups excluding carboxylic acids is 3. The Labute approximate surface area is 152 Å². The normalized spacial score (nSPS) is 15.7. The maximum absolute atomic E-state index is 12.9. The van der Waals surface area contributed by atoms with Crippen molar-refractivity contribution in [3.05, 3.63) is 65.7 Å². The van der Waals surface area contributed by atoms with Crippen LogP contribution >= 0.6 is 0 Å². The molecule has 0 spiro atoms. The van der Waals surface area contributed by atoms with Crippen LogP contribution in [-0.2, 0) is 20.9 Å².